The van der Waals surface area contributed by atoms with Crippen LogP contribution in [-0.4, -0.2) is 42.0 Å². The molecule has 1 aromatic carbocycles. The Kier molecular flexibility index (Phi) is 5.61. The van der Waals surface area contributed by atoms with Crippen LogP contribution in [0.5, 0.6) is 0 Å². The smallest absolute Gasteiger partial charge is 0.228 e. The summed E-state index contributed by atoms with van der Waals surface area (Å²) in [6, 6.07) is 10.5. The molecule has 1 aliphatic heterocycles. The highest BCUT2D eigenvalue weighted by Gasteiger charge is 2.22. The minimum Gasteiger partial charge on any atom is -0.368 e. The number of nitrogens with zero attached hydrogens (tertiary/aromatic N) is 3. The molecule has 3 heterocycles. The van der Waals surface area contributed by atoms with Gasteiger partial charge in [-0.25, -0.2) is 4.98 Å². The number of para-hydroxylation sites is 1. The number of carbonyl (C=O) groups excluding carboxylic acids is 1. The number of aryl methyl sites for hydroxylation is 1. The van der Waals surface area contributed by atoms with Crippen LogP contribution in [0.4, 0.5) is 5.69 Å². The maximum atomic E-state index is 12.7. The lowest BCUT2D eigenvalue weighted by Gasteiger charge is -2.36. The number of carbonyl (C=O) groups is 1. The van der Waals surface area contributed by atoms with Gasteiger partial charge in [-0.05, 0) is 40.5 Å². The molecule has 0 aliphatic carbocycles. The van der Waals surface area contributed by atoms with Crippen molar-refractivity contribution >= 4 is 50.2 Å². The molecule has 0 bridgehead atoms. The third-order valence-electron chi connectivity index (χ3n) is 4.75. The standard InChI is InChI=1S/C20H20BrN3OS2/c1-14-4-2-3-5-17(14)23-6-8-24(9-7-23)19(25)11-16-13-27-20(22-16)18-10-15(21)12-26-18/h2-5,10,12-13H,6-9,11H2,1H3. The van der Waals surface area contributed by atoms with Gasteiger partial charge in [-0.3, -0.25) is 4.79 Å². The first-order valence-electron chi connectivity index (χ1n) is 8.87. The number of hydrogen-bond acceptors (Lipinski definition) is 5. The Labute approximate surface area is 175 Å². The van der Waals surface area contributed by atoms with Gasteiger partial charge in [0.05, 0.1) is 17.0 Å². The number of anilines is 1. The number of piperazine rings is 1. The number of halogens is 1. The van der Waals surface area contributed by atoms with Crippen LogP contribution < -0.4 is 4.90 Å². The van der Waals surface area contributed by atoms with Crippen LogP contribution in [0.2, 0.25) is 0 Å². The zero-order chi connectivity index (χ0) is 18.8. The van der Waals surface area contributed by atoms with Crippen LogP contribution in [0.1, 0.15) is 11.3 Å². The Morgan fingerprint density at radius 3 is 2.63 bits per heavy atom. The van der Waals surface area contributed by atoms with Crippen LogP contribution in [-0.2, 0) is 11.2 Å². The van der Waals surface area contributed by atoms with Crippen molar-refractivity contribution in [3.8, 4) is 9.88 Å². The van der Waals surface area contributed by atoms with Crippen LogP contribution in [0.3, 0.4) is 0 Å². The van der Waals surface area contributed by atoms with E-state index < -0.39 is 0 Å². The van der Waals surface area contributed by atoms with E-state index in [1.807, 2.05) is 10.3 Å². The summed E-state index contributed by atoms with van der Waals surface area (Å²) in [5, 5.41) is 5.04. The van der Waals surface area contributed by atoms with Crippen molar-refractivity contribution in [1.29, 1.82) is 0 Å². The summed E-state index contributed by atoms with van der Waals surface area (Å²) in [6.45, 7) is 5.42. The van der Waals surface area contributed by atoms with Crippen molar-refractivity contribution in [3.05, 3.63) is 56.8 Å². The van der Waals surface area contributed by atoms with Gasteiger partial charge in [0.1, 0.15) is 5.01 Å². The first kappa shape index (κ1) is 18.7. The van der Waals surface area contributed by atoms with Crippen LogP contribution in [0, 0.1) is 6.92 Å². The molecule has 4 nitrogen and oxygen atoms in total. The largest absolute Gasteiger partial charge is 0.368 e. The molecule has 0 saturated carbocycles. The molecular formula is C20H20BrN3OS2. The first-order valence-corrected chi connectivity index (χ1v) is 11.4. The maximum absolute atomic E-state index is 12.7. The van der Waals surface area contributed by atoms with Gasteiger partial charge < -0.3 is 9.80 Å². The molecule has 2 aromatic heterocycles. The number of thiophene rings is 1. The zero-order valence-electron chi connectivity index (χ0n) is 15.0. The molecular weight excluding hydrogens is 442 g/mol. The second-order valence-electron chi connectivity index (χ2n) is 6.60. The molecule has 1 saturated heterocycles. The van der Waals surface area contributed by atoms with E-state index in [1.54, 1.807) is 22.7 Å². The molecule has 0 radical (unpaired) electrons. The fourth-order valence-corrected chi connectivity index (χ4v) is 5.64. The molecule has 1 aliphatic rings. The highest BCUT2D eigenvalue weighted by molar-refractivity contribution is 9.10. The molecule has 1 amide bonds. The normalized spacial score (nSPS) is 14.6. The average Bonchev–Trinajstić information content (AvgIpc) is 3.31. The number of hydrogen-bond donors (Lipinski definition) is 0. The molecule has 0 unspecified atom stereocenters. The third-order valence-corrected chi connectivity index (χ3v) is 7.50. The minimum atomic E-state index is 0.170. The van der Waals surface area contributed by atoms with Gasteiger partial charge in [-0.1, -0.05) is 18.2 Å². The molecule has 4 rings (SSSR count). The SMILES string of the molecule is Cc1ccccc1N1CCN(C(=O)Cc2csc(-c3cc(Br)cs3)n2)CC1. The summed E-state index contributed by atoms with van der Waals surface area (Å²) in [7, 11) is 0. The predicted octanol–water partition coefficient (Wildman–Crippen LogP) is 4.83. The number of rotatable bonds is 4. The molecule has 0 N–H and O–H groups in total. The lowest BCUT2D eigenvalue weighted by molar-refractivity contribution is -0.130. The molecule has 0 spiro atoms. The second-order valence-corrected chi connectivity index (χ2v) is 9.29. The van der Waals surface area contributed by atoms with Crippen LogP contribution in [0.15, 0.2) is 45.6 Å². The lowest BCUT2D eigenvalue weighted by atomic mass is 10.1. The van der Waals surface area contributed by atoms with Gasteiger partial charge in [-0.2, -0.15) is 0 Å². The minimum absolute atomic E-state index is 0.170. The Balaban J connectivity index is 1.35. The van der Waals surface area contributed by atoms with Crippen molar-refractivity contribution in [2.24, 2.45) is 0 Å². The fraction of sp³-hybridized carbons (Fsp3) is 0.300. The fourth-order valence-electron chi connectivity index (χ4n) is 3.31. The second kappa shape index (κ2) is 8.12. The first-order chi connectivity index (χ1) is 13.1. The Bertz CT molecular complexity index is 944. The number of amides is 1. The molecule has 0 atom stereocenters. The van der Waals surface area contributed by atoms with E-state index in [1.165, 1.54) is 11.3 Å². The van der Waals surface area contributed by atoms with E-state index in [4.69, 9.17) is 0 Å². The maximum Gasteiger partial charge on any atom is 0.228 e. The molecule has 27 heavy (non-hydrogen) atoms. The Hall–Kier alpha value is -1.70. The number of thiazole rings is 1. The monoisotopic (exact) mass is 461 g/mol. The van der Waals surface area contributed by atoms with E-state index in [0.717, 1.165) is 46.2 Å². The van der Waals surface area contributed by atoms with Crippen molar-refractivity contribution < 1.29 is 4.79 Å². The van der Waals surface area contributed by atoms with Gasteiger partial charge >= 0.3 is 0 Å². The number of aromatic nitrogens is 1. The van der Waals surface area contributed by atoms with Crippen LogP contribution in [0.25, 0.3) is 9.88 Å². The number of benzene rings is 1. The van der Waals surface area contributed by atoms with E-state index in [9.17, 15) is 4.79 Å². The van der Waals surface area contributed by atoms with Gasteiger partial charge in [0.2, 0.25) is 5.91 Å². The highest BCUT2D eigenvalue weighted by Crippen LogP contribution is 2.32. The molecule has 3 aromatic rings. The van der Waals surface area contributed by atoms with E-state index >= 15 is 0 Å². The predicted molar refractivity (Wildman–Crippen MR) is 117 cm³/mol. The van der Waals surface area contributed by atoms with E-state index in [0.29, 0.717) is 6.42 Å². The quantitative estimate of drug-likeness (QED) is 0.557. The molecule has 1 fully saturated rings. The summed E-state index contributed by atoms with van der Waals surface area (Å²) in [6.07, 6.45) is 0.382. The summed E-state index contributed by atoms with van der Waals surface area (Å²) in [5.41, 5.74) is 3.43. The zero-order valence-corrected chi connectivity index (χ0v) is 18.2. The Morgan fingerprint density at radius 2 is 1.93 bits per heavy atom. The summed E-state index contributed by atoms with van der Waals surface area (Å²) in [4.78, 5) is 22.8. The summed E-state index contributed by atoms with van der Waals surface area (Å²) < 4.78 is 1.07. The highest BCUT2D eigenvalue weighted by atomic mass is 79.9. The van der Waals surface area contributed by atoms with Crippen molar-refractivity contribution in [1.82, 2.24) is 9.88 Å². The van der Waals surface area contributed by atoms with Crippen LogP contribution >= 0.6 is 38.6 Å². The van der Waals surface area contributed by atoms with Gasteiger partial charge in [0, 0.05) is 47.1 Å². The molecule has 7 heteroatoms. The topological polar surface area (TPSA) is 36.4 Å². The lowest BCUT2D eigenvalue weighted by Crippen LogP contribution is -2.49. The van der Waals surface area contributed by atoms with E-state index in [2.05, 4.69) is 68.4 Å². The third kappa shape index (κ3) is 4.25. The van der Waals surface area contributed by atoms with E-state index in [-0.39, 0.29) is 5.91 Å². The Morgan fingerprint density at radius 1 is 1.15 bits per heavy atom. The average molecular weight is 462 g/mol. The van der Waals surface area contributed by atoms with Gasteiger partial charge in [0.25, 0.3) is 0 Å². The molecule has 140 valence electrons. The summed E-state index contributed by atoms with van der Waals surface area (Å²) >= 11 is 6.74. The van der Waals surface area contributed by atoms with Gasteiger partial charge in [-0.15, -0.1) is 22.7 Å². The van der Waals surface area contributed by atoms with Gasteiger partial charge in [0.15, 0.2) is 0 Å². The summed E-state index contributed by atoms with van der Waals surface area (Å²) in [5.74, 6) is 0.170. The van der Waals surface area contributed by atoms with Crippen molar-refractivity contribution in [2.75, 3.05) is 31.1 Å². The van der Waals surface area contributed by atoms with Crippen molar-refractivity contribution in [2.45, 2.75) is 13.3 Å². The van der Waals surface area contributed by atoms with Crippen molar-refractivity contribution in [3.63, 3.8) is 0 Å².